The SMILES string of the molecule is Cc1noc(C)c1NC(=O)CCNC(=O)C12CC3CC(CC(C3)C1)C2. The lowest BCUT2D eigenvalue weighted by atomic mass is 9.49. The van der Waals surface area contributed by atoms with Crippen molar-refractivity contribution >= 4 is 17.5 Å². The van der Waals surface area contributed by atoms with Crippen molar-refractivity contribution in [2.45, 2.75) is 58.8 Å². The molecule has 0 aliphatic heterocycles. The van der Waals surface area contributed by atoms with E-state index < -0.39 is 0 Å². The summed E-state index contributed by atoms with van der Waals surface area (Å²) in [5, 5.41) is 9.69. The van der Waals surface area contributed by atoms with Gasteiger partial charge in [-0.1, -0.05) is 5.16 Å². The fourth-order valence-electron chi connectivity index (χ4n) is 5.73. The van der Waals surface area contributed by atoms with Crippen molar-refractivity contribution in [3.8, 4) is 0 Å². The molecule has 136 valence electrons. The lowest BCUT2D eigenvalue weighted by Gasteiger charge is -2.55. The fraction of sp³-hybridized carbons (Fsp3) is 0.737. The van der Waals surface area contributed by atoms with Crippen LogP contribution in [0.15, 0.2) is 4.52 Å². The Bertz CT molecular complexity index is 639. The van der Waals surface area contributed by atoms with Crippen LogP contribution < -0.4 is 10.6 Å². The zero-order valence-corrected chi connectivity index (χ0v) is 15.1. The zero-order valence-electron chi connectivity index (χ0n) is 15.1. The molecular formula is C19H27N3O3. The minimum absolute atomic E-state index is 0.125. The zero-order chi connectivity index (χ0) is 17.6. The number of hydrogen-bond donors (Lipinski definition) is 2. The number of nitrogens with one attached hydrogen (secondary N) is 2. The van der Waals surface area contributed by atoms with Crippen LogP contribution in [0.1, 0.15) is 56.4 Å². The Labute approximate surface area is 148 Å². The summed E-state index contributed by atoms with van der Waals surface area (Å²) in [5.41, 5.74) is 1.16. The van der Waals surface area contributed by atoms with E-state index in [0.29, 0.717) is 23.7 Å². The number of aryl methyl sites for hydroxylation is 2. The summed E-state index contributed by atoms with van der Waals surface area (Å²) in [7, 11) is 0. The maximum atomic E-state index is 12.8. The molecule has 25 heavy (non-hydrogen) atoms. The van der Waals surface area contributed by atoms with Gasteiger partial charge in [0.2, 0.25) is 11.8 Å². The van der Waals surface area contributed by atoms with E-state index in [4.69, 9.17) is 4.52 Å². The summed E-state index contributed by atoms with van der Waals surface area (Å²) in [5.74, 6) is 2.90. The van der Waals surface area contributed by atoms with Crippen molar-refractivity contribution in [1.82, 2.24) is 10.5 Å². The number of aromatic nitrogens is 1. The molecule has 4 bridgehead atoms. The second-order valence-electron chi connectivity index (χ2n) is 8.45. The molecule has 5 rings (SSSR count). The number of rotatable bonds is 5. The minimum atomic E-state index is -0.146. The number of amides is 2. The predicted molar refractivity (Wildman–Crippen MR) is 92.8 cm³/mol. The normalized spacial score (nSPS) is 32.6. The molecule has 4 saturated carbocycles. The molecule has 1 aromatic heterocycles. The van der Waals surface area contributed by atoms with Crippen LogP contribution in [0.25, 0.3) is 0 Å². The first-order chi connectivity index (χ1) is 11.9. The van der Waals surface area contributed by atoms with E-state index in [0.717, 1.165) is 37.0 Å². The van der Waals surface area contributed by atoms with E-state index in [1.165, 1.54) is 19.3 Å². The largest absolute Gasteiger partial charge is 0.359 e. The van der Waals surface area contributed by atoms with Crippen molar-refractivity contribution in [2.24, 2.45) is 23.2 Å². The van der Waals surface area contributed by atoms with Crippen LogP contribution in [-0.2, 0) is 9.59 Å². The second-order valence-corrected chi connectivity index (χ2v) is 8.45. The highest BCUT2D eigenvalue weighted by molar-refractivity contribution is 5.92. The smallest absolute Gasteiger partial charge is 0.226 e. The van der Waals surface area contributed by atoms with Crippen LogP contribution in [0.3, 0.4) is 0 Å². The van der Waals surface area contributed by atoms with Crippen molar-refractivity contribution in [3.05, 3.63) is 11.5 Å². The average Bonchev–Trinajstić information content (AvgIpc) is 2.85. The highest BCUT2D eigenvalue weighted by Crippen LogP contribution is 2.60. The molecule has 0 atom stereocenters. The molecule has 4 aliphatic carbocycles. The lowest BCUT2D eigenvalue weighted by molar-refractivity contribution is -0.146. The van der Waals surface area contributed by atoms with Gasteiger partial charge < -0.3 is 15.2 Å². The second kappa shape index (κ2) is 6.15. The Morgan fingerprint density at radius 1 is 1.12 bits per heavy atom. The maximum absolute atomic E-state index is 12.8. The molecule has 0 aromatic carbocycles. The Morgan fingerprint density at radius 2 is 1.72 bits per heavy atom. The van der Waals surface area contributed by atoms with Gasteiger partial charge in [0, 0.05) is 18.4 Å². The molecule has 2 amide bonds. The summed E-state index contributed by atoms with van der Waals surface area (Å²) in [6, 6.07) is 0. The van der Waals surface area contributed by atoms with Crippen molar-refractivity contribution in [1.29, 1.82) is 0 Å². The number of hydrogen-bond acceptors (Lipinski definition) is 4. The standard InChI is InChI=1S/C19H27N3O3/c1-11-17(12(2)25-22-11)21-16(23)3-4-20-18(24)19-8-13-5-14(9-19)7-15(6-13)10-19/h13-15H,3-10H2,1-2H3,(H,20,24)(H,21,23). The van der Waals surface area contributed by atoms with Gasteiger partial charge in [0.25, 0.3) is 0 Å². The van der Waals surface area contributed by atoms with Crippen LogP contribution in [0, 0.1) is 37.0 Å². The van der Waals surface area contributed by atoms with E-state index in [2.05, 4.69) is 15.8 Å². The summed E-state index contributed by atoms with van der Waals surface area (Å²) in [6.45, 7) is 3.95. The van der Waals surface area contributed by atoms with Crippen molar-refractivity contribution in [2.75, 3.05) is 11.9 Å². The van der Waals surface area contributed by atoms with Gasteiger partial charge in [-0.15, -0.1) is 0 Å². The monoisotopic (exact) mass is 345 g/mol. The Kier molecular flexibility index (Phi) is 4.08. The molecule has 0 radical (unpaired) electrons. The van der Waals surface area contributed by atoms with Gasteiger partial charge in [-0.3, -0.25) is 9.59 Å². The molecule has 1 aromatic rings. The third-order valence-electron chi connectivity index (χ3n) is 6.46. The predicted octanol–water partition coefficient (Wildman–Crippen LogP) is 2.95. The summed E-state index contributed by atoms with van der Waals surface area (Å²) >= 11 is 0. The Balaban J connectivity index is 1.29. The third-order valence-corrected chi connectivity index (χ3v) is 6.46. The molecular weight excluding hydrogens is 318 g/mol. The minimum Gasteiger partial charge on any atom is -0.359 e. The summed E-state index contributed by atoms with van der Waals surface area (Å²) in [4.78, 5) is 24.9. The van der Waals surface area contributed by atoms with Gasteiger partial charge in [0.15, 0.2) is 5.76 Å². The number of anilines is 1. The number of carbonyl (C=O) groups is 2. The van der Waals surface area contributed by atoms with E-state index in [1.54, 1.807) is 13.8 Å². The molecule has 4 aliphatic rings. The van der Waals surface area contributed by atoms with E-state index >= 15 is 0 Å². The van der Waals surface area contributed by atoms with Crippen LogP contribution in [-0.4, -0.2) is 23.5 Å². The molecule has 2 N–H and O–H groups in total. The quantitative estimate of drug-likeness (QED) is 0.859. The van der Waals surface area contributed by atoms with Gasteiger partial charge >= 0.3 is 0 Å². The fourth-order valence-corrected chi connectivity index (χ4v) is 5.73. The Morgan fingerprint density at radius 3 is 2.24 bits per heavy atom. The average molecular weight is 345 g/mol. The molecule has 0 unspecified atom stereocenters. The van der Waals surface area contributed by atoms with Gasteiger partial charge in [0.1, 0.15) is 11.4 Å². The first-order valence-electron chi connectivity index (χ1n) is 9.46. The van der Waals surface area contributed by atoms with Crippen molar-refractivity contribution < 1.29 is 14.1 Å². The third kappa shape index (κ3) is 3.07. The number of carbonyl (C=O) groups excluding carboxylic acids is 2. The molecule has 4 fully saturated rings. The van der Waals surface area contributed by atoms with Gasteiger partial charge in [-0.2, -0.15) is 0 Å². The van der Waals surface area contributed by atoms with E-state index in [-0.39, 0.29) is 23.7 Å². The Hall–Kier alpha value is -1.85. The molecule has 0 spiro atoms. The maximum Gasteiger partial charge on any atom is 0.226 e. The molecule has 0 saturated heterocycles. The first kappa shape index (κ1) is 16.6. The molecule has 1 heterocycles. The topological polar surface area (TPSA) is 84.2 Å². The number of nitrogens with zero attached hydrogens (tertiary/aromatic N) is 1. The lowest BCUT2D eigenvalue weighted by Crippen LogP contribution is -2.53. The van der Waals surface area contributed by atoms with Crippen molar-refractivity contribution in [3.63, 3.8) is 0 Å². The molecule has 6 nitrogen and oxygen atoms in total. The highest BCUT2D eigenvalue weighted by Gasteiger charge is 2.54. The van der Waals surface area contributed by atoms with Crippen LogP contribution in [0.2, 0.25) is 0 Å². The van der Waals surface area contributed by atoms with Crippen LogP contribution in [0.5, 0.6) is 0 Å². The van der Waals surface area contributed by atoms with Gasteiger partial charge in [-0.05, 0) is 70.1 Å². The van der Waals surface area contributed by atoms with E-state index in [9.17, 15) is 9.59 Å². The first-order valence-corrected chi connectivity index (χ1v) is 9.46. The highest BCUT2D eigenvalue weighted by atomic mass is 16.5. The van der Waals surface area contributed by atoms with Crippen LogP contribution >= 0.6 is 0 Å². The summed E-state index contributed by atoms with van der Waals surface area (Å²) in [6.07, 6.45) is 7.40. The van der Waals surface area contributed by atoms with Crippen LogP contribution in [0.4, 0.5) is 5.69 Å². The molecule has 6 heteroatoms. The van der Waals surface area contributed by atoms with Gasteiger partial charge in [-0.25, -0.2) is 0 Å². The van der Waals surface area contributed by atoms with E-state index in [1.807, 2.05) is 0 Å². The summed E-state index contributed by atoms with van der Waals surface area (Å²) < 4.78 is 5.04. The van der Waals surface area contributed by atoms with Gasteiger partial charge in [0.05, 0.1) is 0 Å².